The maximum Gasteiger partial charge on any atom is 0.112 e. The lowest BCUT2D eigenvalue weighted by Crippen LogP contribution is -1.96. The third-order valence-corrected chi connectivity index (χ3v) is 3.16. The largest absolute Gasteiger partial charge is 0.396 e. The first-order chi connectivity index (χ1) is 8.84. The predicted octanol–water partition coefficient (Wildman–Crippen LogP) is 2.19. The number of hydrogen-bond acceptors (Lipinski definition) is 4. The lowest BCUT2D eigenvalue weighted by molar-refractivity contribution is 1.30. The lowest BCUT2D eigenvalue weighted by Gasteiger charge is -2.07. The first-order valence-corrected chi connectivity index (χ1v) is 5.59. The van der Waals surface area contributed by atoms with Crippen molar-refractivity contribution in [2.45, 2.75) is 0 Å². The molecule has 18 heavy (non-hydrogen) atoms. The molecule has 3 N–H and O–H groups in total. The first kappa shape index (κ1) is 9.35. The summed E-state index contributed by atoms with van der Waals surface area (Å²) < 4.78 is 0. The zero-order valence-corrected chi connectivity index (χ0v) is 9.38. The predicted molar refractivity (Wildman–Crippen MR) is 70.2 cm³/mol. The number of pyridine rings is 3. The summed E-state index contributed by atoms with van der Waals surface area (Å²) in [6.07, 6.45) is 6.99. The maximum absolute atomic E-state index is 6.19. The molecule has 0 spiro atoms. The maximum atomic E-state index is 6.19. The topological polar surface area (TPSA) is 80.5 Å². The molecule has 4 heterocycles. The Morgan fingerprint density at radius 1 is 1.00 bits per heavy atom. The van der Waals surface area contributed by atoms with E-state index in [1.165, 1.54) is 0 Å². The number of hydrogen-bond donors (Lipinski definition) is 2. The molecule has 0 aromatic carbocycles. The molecule has 86 valence electrons. The number of aromatic amines is 1. The zero-order chi connectivity index (χ0) is 12.1. The summed E-state index contributed by atoms with van der Waals surface area (Å²) >= 11 is 0. The molecule has 0 unspecified atom stereocenters. The molecule has 0 fully saturated rings. The van der Waals surface area contributed by atoms with Gasteiger partial charge in [0, 0.05) is 23.2 Å². The van der Waals surface area contributed by atoms with Crippen molar-refractivity contribution >= 4 is 27.5 Å². The average molecular weight is 235 g/mol. The number of nitrogens with one attached hydrogen (secondary N) is 1. The van der Waals surface area contributed by atoms with Gasteiger partial charge in [0.2, 0.25) is 0 Å². The van der Waals surface area contributed by atoms with E-state index in [4.69, 9.17) is 5.73 Å². The molecule has 2 aromatic rings. The number of rotatable bonds is 0. The van der Waals surface area contributed by atoms with E-state index in [1.807, 2.05) is 12.1 Å². The number of nitrogens with zero attached hydrogens (tertiary/aromatic N) is 3. The van der Waals surface area contributed by atoms with Gasteiger partial charge in [-0.2, -0.15) is 0 Å². The summed E-state index contributed by atoms with van der Waals surface area (Å²) in [4.78, 5) is 16.0. The van der Waals surface area contributed by atoms with Crippen molar-refractivity contribution in [2.24, 2.45) is 0 Å². The molecule has 0 aliphatic carbocycles. The van der Waals surface area contributed by atoms with Crippen molar-refractivity contribution in [3.05, 3.63) is 36.9 Å². The van der Waals surface area contributed by atoms with Gasteiger partial charge in [-0.25, -0.2) is 4.98 Å². The van der Waals surface area contributed by atoms with Gasteiger partial charge >= 0.3 is 0 Å². The fourth-order valence-corrected chi connectivity index (χ4v) is 2.30. The van der Waals surface area contributed by atoms with Crippen LogP contribution in [0.4, 0.5) is 5.69 Å². The van der Waals surface area contributed by atoms with Gasteiger partial charge in [-0.3, -0.25) is 9.97 Å². The van der Waals surface area contributed by atoms with Crippen LogP contribution in [0.1, 0.15) is 0 Å². The van der Waals surface area contributed by atoms with Crippen LogP contribution in [0.5, 0.6) is 0 Å². The van der Waals surface area contributed by atoms with Gasteiger partial charge in [0.05, 0.1) is 34.8 Å². The van der Waals surface area contributed by atoms with Gasteiger partial charge in [-0.15, -0.1) is 0 Å². The molecule has 0 atom stereocenters. The summed E-state index contributed by atoms with van der Waals surface area (Å²) in [5, 5.41) is 1.96. The van der Waals surface area contributed by atoms with Crippen LogP contribution >= 0.6 is 0 Å². The van der Waals surface area contributed by atoms with Crippen LogP contribution in [0.25, 0.3) is 33.2 Å². The number of nitrogens with two attached hydrogens (primary N) is 1. The molecule has 0 amide bonds. The summed E-state index contributed by atoms with van der Waals surface area (Å²) in [5.41, 5.74) is 10.3. The van der Waals surface area contributed by atoms with Gasteiger partial charge in [-0.05, 0) is 12.1 Å². The number of nitrogen functional groups attached to an aromatic ring is 1. The summed E-state index contributed by atoms with van der Waals surface area (Å²) in [5.74, 6) is 0. The van der Waals surface area contributed by atoms with E-state index in [0.717, 1.165) is 33.2 Å². The molecule has 4 rings (SSSR count). The highest BCUT2D eigenvalue weighted by Gasteiger charge is 2.17. The van der Waals surface area contributed by atoms with Crippen molar-refractivity contribution in [1.82, 2.24) is 19.9 Å². The Labute approximate surface area is 102 Å². The van der Waals surface area contributed by atoms with Crippen LogP contribution in [0.3, 0.4) is 0 Å². The van der Waals surface area contributed by atoms with E-state index in [9.17, 15) is 0 Å². The van der Waals surface area contributed by atoms with Gasteiger partial charge in [0.25, 0.3) is 0 Å². The molecular weight excluding hydrogens is 226 g/mol. The minimum Gasteiger partial charge on any atom is -0.396 e. The second-order valence-corrected chi connectivity index (χ2v) is 4.19. The van der Waals surface area contributed by atoms with E-state index in [2.05, 4.69) is 19.9 Å². The normalized spacial score (nSPS) is 11.6. The van der Waals surface area contributed by atoms with Gasteiger partial charge in [-0.1, -0.05) is 0 Å². The van der Waals surface area contributed by atoms with E-state index in [1.54, 1.807) is 24.8 Å². The number of fused-ring (bicyclic) bond motifs is 4. The highest BCUT2D eigenvalue weighted by molar-refractivity contribution is 6.06. The second kappa shape index (κ2) is 3.16. The molecule has 2 aliphatic heterocycles. The standard InChI is InChI=1S/C13H9N5/c14-11-7-1-3-15-5-9(7)17-12-8-2-4-16-6-10(8)18-13(11)12/h1-6,17H,14H2. The quantitative estimate of drug-likeness (QED) is 0.489. The third-order valence-electron chi connectivity index (χ3n) is 3.16. The van der Waals surface area contributed by atoms with Gasteiger partial charge < -0.3 is 10.7 Å². The van der Waals surface area contributed by atoms with E-state index < -0.39 is 0 Å². The first-order valence-electron chi connectivity index (χ1n) is 5.59. The fraction of sp³-hybridized carbons (Fsp3) is 0. The van der Waals surface area contributed by atoms with Crippen LogP contribution < -0.4 is 5.73 Å². The van der Waals surface area contributed by atoms with Crippen LogP contribution in [0.2, 0.25) is 0 Å². The van der Waals surface area contributed by atoms with Crippen LogP contribution in [-0.2, 0) is 0 Å². The Morgan fingerprint density at radius 3 is 2.67 bits per heavy atom. The molecule has 0 saturated heterocycles. The molecule has 0 radical (unpaired) electrons. The van der Waals surface area contributed by atoms with E-state index in [-0.39, 0.29) is 0 Å². The number of H-pyrrole nitrogens is 1. The minimum atomic E-state index is 0.678. The van der Waals surface area contributed by atoms with Crippen molar-refractivity contribution in [3.63, 3.8) is 0 Å². The Balaban J connectivity index is 2.29. The Kier molecular flexibility index (Phi) is 1.64. The third kappa shape index (κ3) is 1.08. The summed E-state index contributed by atoms with van der Waals surface area (Å²) in [6, 6.07) is 3.82. The SMILES string of the molecule is Nc1c2nc3cnccc3c-2[nH]c2cnccc12. The van der Waals surface area contributed by atoms with E-state index in [0.29, 0.717) is 5.69 Å². The second-order valence-electron chi connectivity index (χ2n) is 4.19. The zero-order valence-electron chi connectivity index (χ0n) is 9.38. The monoisotopic (exact) mass is 235 g/mol. The molecule has 0 saturated carbocycles. The molecule has 2 aromatic heterocycles. The molecule has 5 nitrogen and oxygen atoms in total. The van der Waals surface area contributed by atoms with Gasteiger partial charge in [0.1, 0.15) is 5.69 Å². The highest BCUT2D eigenvalue weighted by atomic mass is 14.9. The van der Waals surface area contributed by atoms with Crippen LogP contribution in [-0.4, -0.2) is 19.9 Å². The smallest absolute Gasteiger partial charge is 0.112 e. The molecule has 0 bridgehead atoms. The summed E-state index contributed by atoms with van der Waals surface area (Å²) in [6.45, 7) is 0. The van der Waals surface area contributed by atoms with Crippen molar-refractivity contribution in [2.75, 3.05) is 5.73 Å². The van der Waals surface area contributed by atoms with E-state index >= 15 is 0 Å². The number of anilines is 1. The Morgan fingerprint density at radius 2 is 1.78 bits per heavy atom. The lowest BCUT2D eigenvalue weighted by atomic mass is 10.1. The summed E-state index contributed by atoms with van der Waals surface area (Å²) in [7, 11) is 0. The molecular formula is C13H9N5. The fourth-order valence-electron chi connectivity index (χ4n) is 2.30. The Hall–Kier alpha value is -2.69. The van der Waals surface area contributed by atoms with Crippen molar-refractivity contribution in [3.8, 4) is 11.4 Å². The molecule has 2 aliphatic rings. The average Bonchev–Trinajstić information content (AvgIpc) is 2.79. The minimum absolute atomic E-state index is 0.678. The number of aromatic nitrogens is 4. The van der Waals surface area contributed by atoms with Crippen molar-refractivity contribution in [1.29, 1.82) is 0 Å². The van der Waals surface area contributed by atoms with Crippen molar-refractivity contribution < 1.29 is 0 Å². The van der Waals surface area contributed by atoms with Crippen LogP contribution in [0.15, 0.2) is 36.9 Å². The Bertz CT molecular complexity index is 849. The van der Waals surface area contributed by atoms with Gasteiger partial charge in [0.15, 0.2) is 0 Å². The highest BCUT2D eigenvalue weighted by Crippen LogP contribution is 2.36. The van der Waals surface area contributed by atoms with Crippen LogP contribution in [0, 0.1) is 0 Å². The molecule has 5 heteroatoms.